The van der Waals surface area contributed by atoms with Gasteiger partial charge in [0, 0.05) is 70.5 Å². The Morgan fingerprint density at radius 2 is 0.950 bits per heavy atom. The van der Waals surface area contributed by atoms with Crippen LogP contribution in [0.3, 0.4) is 0 Å². The molecule has 280 valence electrons. The number of benzene rings is 10. The molecule has 0 aliphatic rings. The number of hydrogen-bond acceptors (Lipinski definition) is 3. The maximum absolute atomic E-state index is 6.68. The van der Waals surface area contributed by atoms with E-state index in [1.54, 1.807) is 0 Å². The number of anilines is 3. The van der Waals surface area contributed by atoms with Crippen molar-refractivity contribution in [1.29, 1.82) is 0 Å². The molecule has 60 heavy (non-hydrogen) atoms. The lowest BCUT2D eigenvalue weighted by Gasteiger charge is -2.26. The number of rotatable bonds is 5. The highest BCUT2D eigenvalue weighted by Crippen LogP contribution is 2.43. The normalized spacial score (nSPS) is 12.0. The molecule has 0 N–H and O–H groups in total. The standard InChI is InChI=1S/C56H34N2OS/c1-2-10-43-36(9-1)17-18-37-19-20-38(31-49(37)43)35-21-23-39(24-22-35)57(42-26-29-48-47-13-5-8-16-55(47)60-56(48)34-42)41-25-28-46-50-32-40(27-30-53(50)59-54(46)33-41)58-51-14-6-3-11-44(51)45-12-4-7-15-52(45)58/h1-34H. The molecule has 0 aliphatic carbocycles. The van der Waals surface area contributed by atoms with Gasteiger partial charge in [0.05, 0.1) is 11.0 Å². The first kappa shape index (κ1) is 33.3. The van der Waals surface area contributed by atoms with E-state index in [0.717, 1.165) is 44.7 Å². The van der Waals surface area contributed by atoms with Crippen LogP contribution in [0.15, 0.2) is 211 Å². The fraction of sp³-hybridized carbons (Fsp3) is 0. The first-order valence-corrected chi connectivity index (χ1v) is 21.2. The van der Waals surface area contributed by atoms with Crippen molar-refractivity contribution in [3.63, 3.8) is 0 Å². The van der Waals surface area contributed by atoms with Crippen LogP contribution in [-0.2, 0) is 0 Å². The van der Waals surface area contributed by atoms with Crippen LogP contribution in [0.25, 0.3) is 102 Å². The van der Waals surface area contributed by atoms with E-state index in [9.17, 15) is 0 Å². The Kier molecular flexibility index (Phi) is 7.18. The van der Waals surface area contributed by atoms with Gasteiger partial charge in [-0.1, -0.05) is 121 Å². The molecule has 3 heterocycles. The van der Waals surface area contributed by atoms with Crippen LogP contribution < -0.4 is 4.90 Å². The summed E-state index contributed by atoms with van der Waals surface area (Å²) >= 11 is 1.84. The van der Waals surface area contributed by atoms with Crippen molar-refractivity contribution in [2.75, 3.05) is 4.90 Å². The number of para-hydroxylation sites is 2. The lowest BCUT2D eigenvalue weighted by atomic mass is 9.97. The van der Waals surface area contributed by atoms with Gasteiger partial charge in [-0.15, -0.1) is 11.3 Å². The van der Waals surface area contributed by atoms with Gasteiger partial charge in [0.2, 0.25) is 0 Å². The second-order valence-electron chi connectivity index (χ2n) is 15.7. The Hall–Kier alpha value is -7.66. The van der Waals surface area contributed by atoms with Gasteiger partial charge in [0.15, 0.2) is 0 Å². The number of fused-ring (bicyclic) bond motifs is 12. The Balaban J connectivity index is 0.945. The van der Waals surface area contributed by atoms with Gasteiger partial charge in [0.1, 0.15) is 11.2 Å². The molecule has 13 aromatic rings. The Labute approximate surface area is 349 Å². The zero-order valence-corrected chi connectivity index (χ0v) is 33.2. The summed E-state index contributed by atoms with van der Waals surface area (Å²) in [6.45, 7) is 0. The Morgan fingerprint density at radius 1 is 0.350 bits per heavy atom. The van der Waals surface area contributed by atoms with Crippen molar-refractivity contribution in [3.05, 3.63) is 206 Å². The molecule has 4 heteroatoms. The van der Waals surface area contributed by atoms with E-state index in [1.807, 2.05) is 11.3 Å². The van der Waals surface area contributed by atoms with E-state index < -0.39 is 0 Å². The van der Waals surface area contributed by atoms with E-state index in [1.165, 1.54) is 74.6 Å². The van der Waals surface area contributed by atoms with Gasteiger partial charge in [-0.05, 0) is 112 Å². The highest BCUT2D eigenvalue weighted by molar-refractivity contribution is 7.25. The van der Waals surface area contributed by atoms with Crippen LogP contribution >= 0.6 is 11.3 Å². The first-order valence-electron chi connectivity index (χ1n) is 20.4. The number of thiophene rings is 1. The summed E-state index contributed by atoms with van der Waals surface area (Å²) in [7, 11) is 0. The van der Waals surface area contributed by atoms with Crippen molar-refractivity contribution in [2.24, 2.45) is 0 Å². The average Bonchev–Trinajstić information content (AvgIpc) is 3.98. The molecule has 10 aromatic carbocycles. The van der Waals surface area contributed by atoms with Crippen LogP contribution in [0.2, 0.25) is 0 Å². The minimum absolute atomic E-state index is 0.856. The molecule has 13 rings (SSSR count). The number of hydrogen-bond donors (Lipinski definition) is 0. The minimum Gasteiger partial charge on any atom is -0.456 e. The SMILES string of the molecule is c1ccc2c(c1)ccc1ccc(-c3ccc(N(c4ccc5c(c4)oc4ccc(-n6c7ccccc7c7ccccc76)cc45)c4ccc5c(c4)sc4ccccc45)cc3)cc12. The molecule has 3 nitrogen and oxygen atoms in total. The van der Waals surface area contributed by atoms with Crippen molar-refractivity contribution in [3.8, 4) is 16.8 Å². The fourth-order valence-electron chi connectivity index (χ4n) is 9.52. The number of nitrogens with zero attached hydrogens (tertiary/aromatic N) is 2. The summed E-state index contributed by atoms with van der Waals surface area (Å²) in [6, 6.07) is 75.0. The van der Waals surface area contributed by atoms with E-state index in [0.29, 0.717) is 0 Å². The summed E-state index contributed by atoms with van der Waals surface area (Å²) in [5.41, 5.74) is 10.8. The monoisotopic (exact) mass is 782 g/mol. The lowest BCUT2D eigenvalue weighted by molar-refractivity contribution is 0.669. The predicted molar refractivity (Wildman–Crippen MR) is 256 cm³/mol. The molecule has 0 bridgehead atoms. The van der Waals surface area contributed by atoms with Crippen LogP contribution in [-0.4, -0.2) is 4.57 Å². The molecule has 0 aliphatic heterocycles. The first-order chi connectivity index (χ1) is 29.7. The summed E-state index contributed by atoms with van der Waals surface area (Å²) < 4.78 is 11.6. The molecular formula is C56H34N2OS. The predicted octanol–water partition coefficient (Wildman–Crippen LogP) is 16.5. The quantitative estimate of drug-likeness (QED) is 0.162. The molecule has 0 saturated carbocycles. The molecule has 0 spiro atoms. The maximum Gasteiger partial charge on any atom is 0.137 e. The maximum atomic E-state index is 6.68. The highest BCUT2D eigenvalue weighted by atomic mass is 32.1. The van der Waals surface area contributed by atoms with Gasteiger partial charge in [-0.2, -0.15) is 0 Å². The second kappa shape index (κ2) is 12.9. The third kappa shape index (κ3) is 5.08. The smallest absolute Gasteiger partial charge is 0.137 e. The van der Waals surface area contributed by atoms with Crippen LogP contribution in [0.5, 0.6) is 0 Å². The topological polar surface area (TPSA) is 21.3 Å². The third-order valence-corrected chi connectivity index (χ3v) is 13.5. The summed E-state index contributed by atoms with van der Waals surface area (Å²) in [4.78, 5) is 2.36. The molecule has 0 amide bonds. The van der Waals surface area contributed by atoms with Gasteiger partial charge in [-0.3, -0.25) is 0 Å². The van der Waals surface area contributed by atoms with Crippen molar-refractivity contribution >= 4 is 114 Å². The molecule has 3 aromatic heterocycles. The Bertz CT molecular complexity index is 3800. The Morgan fingerprint density at radius 3 is 1.75 bits per heavy atom. The van der Waals surface area contributed by atoms with E-state index in [4.69, 9.17) is 4.42 Å². The molecular weight excluding hydrogens is 749 g/mol. The van der Waals surface area contributed by atoms with Crippen LogP contribution in [0.1, 0.15) is 0 Å². The molecule has 0 radical (unpaired) electrons. The fourth-order valence-corrected chi connectivity index (χ4v) is 10.7. The van der Waals surface area contributed by atoms with Gasteiger partial charge >= 0.3 is 0 Å². The molecule has 0 fully saturated rings. The second-order valence-corrected chi connectivity index (χ2v) is 16.8. The van der Waals surface area contributed by atoms with Gasteiger partial charge in [0.25, 0.3) is 0 Å². The van der Waals surface area contributed by atoms with Crippen molar-refractivity contribution in [1.82, 2.24) is 4.57 Å². The molecule has 0 atom stereocenters. The summed E-state index contributed by atoms with van der Waals surface area (Å²) in [5, 5.41) is 12.3. The summed E-state index contributed by atoms with van der Waals surface area (Å²) in [5.74, 6) is 0. The molecule has 0 saturated heterocycles. The zero-order valence-electron chi connectivity index (χ0n) is 32.3. The summed E-state index contributed by atoms with van der Waals surface area (Å²) in [6.07, 6.45) is 0. The van der Waals surface area contributed by atoms with Gasteiger partial charge < -0.3 is 13.9 Å². The van der Waals surface area contributed by atoms with E-state index in [2.05, 4.69) is 216 Å². The number of aromatic nitrogens is 1. The van der Waals surface area contributed by atoms with E-state index in [-0.39, 0.29) is 0 Å². The third-order valence-electron chi connectivity index (χ3n) is 12.4. The van der Waals surface area contributed by atoms with Crippen molar-refractivity contribution < 1.29 is 4.42 Å². The van der Waals surface area contributed by atoms with Crippen LogP contribution in [0, 0.1) is 0 Å². The van der Waals surface area contributed by atoms with E-state index >= 15 is 0 Å². The minimum atomic E-state index is 0.856. The largest absolute Gasteiger partial charge is 0.456 e. The van der Waals surface area contributed by atoms with Crippen LogP contribution in [0.4, 0.5) is 17.1 Å². The number of furan rings is 1. The average molecular weight is 783 g/mol. The highest BCUT2D eigenvalue weighted by Gasteiger charge is 2.19. The zero-order chi connectivity index (χ0) is 39.3. The lowest BCUT2D eigenvalue weighted by Crippen LogP contribution is -2.09. The van der Waals surface area contributed by atoms with Gasteiger partial charge in [-0.25, -0.2) is 0 Å². The molecule has 0 unspecified atom stereocenters. The van der Waals surface area contributed by atoms with Crippen molar-refractivity contribution in [2.45, 2.75) is 0 Å².